The summed E-state index contributed by atoms with van der Waals surface area (Å²) in [7, 11) is 2.02. The van der Waals surface area contributed by atoms with Crippen molar-refractivity contribution in [2.75, 3.05) is 13.6 Å². The Balaban J connectivity index is 1.60. The van der Waals surface area contributed by atoms with E-state index < -0.39 is 11.9 Å². The monoisotopic (exact) mass is 330 g/mol. The van der Waals surface area contributed by atoms with Gasteiger partial charge in [0, 0.05) is 37.6 Å². The van der Waals surface area contributed by atoms with Gasteiger partial charge in [-0.2, -0.15) is 13.2 Å². The van der Waals surface area contributed by atoms with E-state index in [1.165, 1.54) is 0 Å². The van der Waals surface area contributed by atoms with Crippen LogP contribution in [-0.4, -0.2) is 33.0 Å². The molecule has 3 heterocycles. The number of thiazole rings is 1. The van der Waals surface area contributed by atoms with Gasteiger partial charge < -0.3 is 9.47 Å². The first-order valence-electron chi connectivity index (χ1n) is 7.10. The predicted octanol–water partition coefficient (Wildman–Crippen LogP) is 3.05. The van der Waals surface area contributed by atoms with Gasteiger partial charge in [0.05, 0.1) is 11.2 Å². The number of rotatable bonds is 4. The number of hydrogen-bond donors (Lipinski definition) is 0. The van der Waals surface area contributed by atoms with E-state index in [2.05, 4.69) is 14.9 Å². The first-order chi connectivity index (χ1) is 10.4. The van der Waals surface area contributed by atoms with Crippen molar-refractivity contribution >= 4 is 11.3 Å². The van der Waals surface area contributed by atoms with E-state index in [4.69, 9.17) is 0 Å². The van der Waals surface area contributed by atoms with Gasteiger partial charge in [0.25, 0.3) is 0 Å². The van der Waals surface area contributed by atoms with Crippen molar-refractivity contribution in [3.63, 3.8) is 0 Å². The van der Waals surface area contributed by atoms with Gasteiger partial charge in [-0.25, -0.2) is 9.97 Å². The van der Waals surface area contributed by atoms with Gasteiger partial charge in [-0.05, 0) is 19.4 Å². The minimum Gasteiger partial charge on any atom is -0.334 e. The summed E-state index contributed by atoms with van der Waals surface area (Å²) in [5.41, 5.74) is 2.06. The van der Waals surface area contributed by atoms with Gasteiger partial charge >= 0.3 is 6.18 Å². The standard InChI is InChI=1S/C14H17F3N4S/c1-20(6-11-8-22-9-18-11)4-10-2-3-13-19-12(14(15,16)17)7-21(13)5-10/h7-10H,2-6H2,1H3. The smallest absolute Gasteiger partial charge is 0.334 e. The Morgan fingerprint density at radius 1 is 1.45 bits per heavy atom. The zero-order valence-corrected chi connectivity index (χ0v) is 13.0. The fourth-order valence-electron chi connectivity index (χ4n) is 2.90. The van der Waals surface area contributed by atoms with Crippen LogP contribution in [0.25, 0.3) is 0 Å². The Morgan fingerprint density at radius 2 is 2.27 bits per heavy atom. The summed E-state index contributed by atoms with van der Waals surface area (Å²) in [5, 5.41) is 2.01. The maximum Gasteiger partial charge on any atom is 0.434 e. The van der Waals surface area contributed by atoms with Crippen LogP contribution >= 0.6 is 11.3 Å². The molecule has 0 amide bonds. The van der Waals surface area contributed by atoms with Gasteiger partial charge in [-0.1, -0.05) is 0 Å². The minimum atomic E-state index is -4.36. The Labute approximate surface area is 130 Å². The van der Waals surface area contributed by atoms with Gasteiger partial charge in [-0.3, -0.25) is 0 Å². The van der Waals surface area contributed by atoms with Crippen LogP contribution in [0.4, 0.5) is 13.2 Å². The zero-order chi connectivity index (χ0) is 15.7. The molecule has 0 aliphatic carbocycles. The van der Waals surface area contributed by atoms with E-state index in [9.17, 15) is 13.2 Å². The molecule has 120 valence electrons. The van der Waals surface area contributed by atoms with Crippen LogP contribution < -0.4 is 0 Å². The Kier molecular flexibility index (Phi) is 4.22. The van der Waals surface area contributed by atoms with Crippen LogP contribution in [-0.2, 0) is 25.7 Å². The number of alkyl halides is 3. The summed E-state index contributed by atoms with van der Waals surface area (Å²) in [5.74, 6) is 0.886. The Morgan fingerprint density at radius 3 is 2.95 bits per heavy atom. The van der Waals surface area contributed by atoms with E-state index in [1.54, 1.807) is 21.4 Å². The summed E-state index contributed by atoms with van der Waals surface area (Å²) in [6, 6.07) is 0. The van der Waals surface area contributed by atoms with Gasteiger partial charge in [0.15, 0.2) is 5.69 Å². The molecule has 0 fully saturated rings. The Hall–Kier alpha value is -1.41. The molecule has 3 rings (SSSR count). The summed E-state index contributed by atoms with van der Waals surface area (Å²) in [4.78, 5) is 10.1. The summed E-state index contributed by atoms with van der Waals surface area (Å²) in [6.45, 7) is 2.21. The van der Waals surface area contributed by atoms with Crippen LogP contribution in [0, 0.1) is 5.92 Å². The topological polar surface area (TPSA) is 34.0 Å². The largest absolute Gasteiger partial charge is 0.434 e. The van der Waals surface area contributed by atoms with Gasteiger partial charge in [0.2, 0.25) is 0 Å². The van der Waals surface area contributed by atoms with Crippen LogP contribution in [0.3, 0.4) is 0 Å². The van der Waals surface area contributed by atoms with Crippen molar-refractivity contribution in [3.8, 4) is 0 Å². The number of aryl methyl sites for hydroxylation is 1. The number of fused-ring (bicyclic) bond motifs is 1. The third-order valence-corrected chi connectivity index (χ3v) is 4.50. The molecule has 0 aromatic carbocycles. The van der Waals surface area contributed by atoms with Crippen molar-refractivity contribution in [2.45, 2.75) is 32.1 Å². The molecule has 1 atom stereocenters. The summed E-state index contributed by atoms with van der Waals surface area (Å²) >= 11 is 1.57. The maximum absolute atomic E-state index is 12.7. The number of halogens is 3. The lowest BCUT2D eigenvalue weighted by atomic mass is 9.99. The fourth-order valence-corrected chi connectivity index (χ4v) is 3.45. The average Bonchev–Trinajstić information content (AvgIpc) is 3.06. The van der Waals surface area contributed by atoms with E-state index in [0.29, 0.717) is 24.7 Å². The summed E-state index contributed by atoms with van der Waals surface area (Å²) < 4.78 is 39.8. The highest BCUT2D eigenvalue weighted by atomic mass is 32.1. The van der Waals surface area contributed by atoms with Crippen molar-refractivity contribution < 1.29 is 13.2 Å². The number of imidazole rings is 1. The summed E-state index contributed by atoms with van der Waals surface area (Å²) in [6.07, 6.45) is -1.75. The van der Waals surface area contributed by atoms with E-state index in [0.717, 1.165) is 31.4 Å². The molecule has 0 N–H and O–H groups in total. The second-order valence-electron chi connectivity index (χ2n) is 5.77. The van der Waals surface area contributed by atoms with E-state index in [-0.39, 0.29) is 0 Å². The molecule has 1 unspecified atom stereocenters. The first kappa shape index (κ1) is 15.5. The van der Waals surface area contributed by atoms with Crippen LogP contribution in [0.5, 0.6) is 0 Å². The molecule has 0 saturated heterocycles. The first-order valence-corrected chi connectivity index (χ1v) is 8.05. The molecule has 1 aliphatic heterocycles. The maximum atomic E-state index is 12.7. The molecule has 1 aliphatic rings. The van der Waals surface area contributed by atoms with E-state index in [1.807, 2.05) is 12.4 Å². The zero-order valence-electron chi connectivity index (χ0n) is 12.2. The van der Waals surface area contributed by atoms with Crippen molar-refractivity contribution in [1.82, 2.24) is 19.4 Å². The SMILES string of the molecule is CN(Cc1cscn1)CC1CCc2nc(C(F)(F)F)cn2C1. The molecule has 22 heavy (non-hydrogen) atoms. The third-order valence-electron chi connectivity index (χ3n) is 3.87. The number of nitrogens with zero attached hydrogens (tertiary/aromatic N) is 4. The molecular weight excluding hydrogens is 313 g/mol. The number of aromatic nitrogens is 3. The van der Waals surface area contributed by atoms with Crippen LogP contribution in [0.15, 0.2) is 17.1 Å². The molecule has 2 aromatic heterocycles. The molecule has 2 aromatic rings. The third kappa shape index (κ3) is 3.49. The fraction of sp³-hybridized carbons (Fsp3) is 0.571. The minimum absolute atomic E-state index is 0.339. The van der Waals surface area contributed by atoms with Crippen molar-refractivity contribution in [2.24, 2.45) is 5.92 Å². The quantitative estimate of drug-likeness (QED) is 0.864. The molecule has 4 nitrogen and oxygen atoms in total. The predicted molar refractivity (Wildman–Crippen MR) is 77.5 cm³/mol. The van der Waals surface area contributed by atoms with Crippen LogP contribution in [0.1, 0.15) is 23.6 Å². The van der Waals surface area contributed by atoms with E-state index >= 15 is 0 Å². The lowest BCUT2D eigenvalue weighted by molar-refractivity contribution is -0.141. The highest BCUT2D eigenvalue weighted by Crippen LogP contribution is 2.30. The molecule has 8 heteroatoms. The highest BCUT2D eigenvalue weighted by molar-refractivity contribution is 7.07. The molecule has 0 radical (unpaired) electrons. The number of hydrogen-bond acceptors (Lipinski definition) is 4. The van der Waals surface area contributed by atoms with Gasteiger partial charge in [-0.15, -0.1) is 11.3 Å². The average molecular weight is 330 g/mol. The van der Waals surface area contributed by atoms with Crippen molar-refractivity contribution in [3.05, 3.63) is 34.3 Å². The molecular formula is C14H17F3N4S. The second-order valence-corrected chi connectivity index (χ2v) is 6.49. The molecule has 0 spiro atoms. The van der Waals surface area contributed by atoms with Crippen molar-refractivity contribution in [1.29, 1.82) is 0 Å². The highest BCUT2D eigenvalue weighted by Gasteiger charge is 2.35. The van der Waals surface area contributed by atoms with Gasteiger partial charge in [0.1, 0.15) is 5.82 Å². The normalized spacial score (nSPS) is 18.7. The van der Waals surface area contributed by atoms with Crippen LogP contribution in [0.2, 0.25) is 0 Å². The molecule has 0 bridgehead atoms. The lowest BCUT2D eigenvalue weighted by Gasteiger charge is -2.27. The Bertz CT molecular complexity index is 621. The lowest BCUT2D eigenvalue weighted by Crippen LogP contribution is -2.31. The second kappa shape index (κ2) is 6.00. The molecule has 0 saturated carbocycles.